The van der Waals surface area contributed by atoms with Gasteiger partial charge in [-0.1, -0.05) is 12.7 Å². The molecule has 3 heteroatoms. The van der Waals surface area contributed by atoms with Crippen molar-refractivity contribution in [3.8, 4) is 5.75 Å². The molecule has 0 aromatic heterocycles. The number of benzene rings is 1. The Bertz CT molecular complexity index is 458. The fourth-order valence-corrected chi connectivity index (χ4v) is 1.83. The average molecular weight is 262 g/mol. The van der Waals surface area contributed by atoms with Crippen molar-refractivity contribution in [2.45, 2.75) is 40.2 Å². The molecule has 0 radical (unpaired) electrons. The Labute approximate surface area is 115 Å². The van der Waals surface area contributed by atoms with Crippen molar-refractivity contribution in [2.75, 3.05) is 6.61 Å². The number of carbonyl (C=O) groups is 1. The molecule has 104 valence electrons. The van der Waals surface area contributed by atoms with Crippen molar-refractivity contribution in [1.82, 2.24) is 0 Å². The molecule has 0 unspecified atom stereocenters. The van der Waals surface area contributed by atoms with E-state index >= 15 is 0 Å². The lowest BCUT2D eigenvalue weighted by atomic mass is 10.1. The van der Waals surface area contributed by atoms with Gasteiger partial charge in [-0.25, -0.2) is 4.79 Å². The van der Waals surface area contributed by atoms with Gasteiger partial charge in [0, 0.05) is 0 Å². The molecule has 1 aromatic rings. The van der Waals surface area contributed by atoms with Crippen LogP contribution in [-0.2, 0) is 9.53 Å². The molecular weight excluding hydrogens is 240 g/mol. The highest BCUT2D eigenvalue weighted by molar-refractivity contribution is 5.71. The van der Waals surface area contributed by atoms with Gasteiger partial charge in [0.15, 0.2) is 6.61 Å². The van der Waals surface area contributed by atoms with E-state index in [2.05, 4.69) is 6.58 Å². The zero-order chi connectivity index (χ0) is 14.6. The Morgan fingerprint density at radius 1 is 1.26 bits per heavy atom. The van der Waals surface area contributed by atoms with E-state index in [0.29, 0.717) is 0 Å². The highest BCUT2D eigenvalue weighted by Gasteiger charge is 2.17. The van der Waals surface area contributed by atoms with E-state index in [4.69, 9.17) is 9.47 Å². The minimum absolute atomic E-state index is 0.0770. The van der Waals surface area contributed by atoms with Crippen LogP contribution in [0.25, 0.3) is 6.08 Å². The fraction of sp³-hybridized carbons (Fsp3) is 0.438. The molecule has 1 aromatic carbocycles. The van der Waals surface area contributed by atoms with E-state index in [1.165, 1.54) is 0 Å². The van der Waals surface area contributed by atoms with Crippen molar-refractivity contribution in [2.24, 2.45) is 0 Å². The van der Waals surface area contributed by atoms with Gasteiger partial charge < -0.3 is 9.47 Å². The summed E-state index contributed by atoms with van der Waals surface area (Å²) in [5, 5.41) is 0. The normalized spacial score (nSPS) is 11.0. The fourth-order valence-electron chi connectivity index (χ4n) is 1.83. The SMILES string of the molecule is C=Cc1cc(C)c(OCC(=O)OC(C)(C)C)c(C)c1. The zero-order valence-corrected chi connectivity index (χ0v) is 12.4. The van der Waals surface area contributed by atoms with Gasteiger partial charge in [-0.05, 0) is 63.4 Å². The summed E-state index contributed by atoms with van der Waals surface area (Å²) in [4.78, 5) is 11.6. The van der Waals surface area contributed by atoms with Crippen molar-refractivity contribution in [3.63, 3.8) is 0 Å². The Balaban J connectivity index is 2.73. The minimum Gasteiger partial charge on any atom is -0.481 e. The van der Waals surface area contributed by atoms with Crippen LogP contribution in [0.5, 0.6) is 5.75 Å². The molecule has 0 amide bonds. The van der Waals surface area contributed by atoms with Crippen LogP contribution in [0.15, 0.2) is 18.7 Å². The van der Waals surface area contributed by atoms with E-state index in [1.54, 1.807) is 6.08 Å². The van der Waals surface area contributed by atoms with Crippen LogP contribution in [0.4, 0.5) is 0 Å². The molecule has 0 heterocycles. The van der Waals surface area contributed by atoms with Gasteiger partial charge in [0.2, 0.25) is 0 Å². The summed E-state index contributed by atoms with van der Waals surface area (Å²) in [6.07, 6.45) is 1.79. The van der Waals surface area contributed by atoms with E-state index in [-0.39, 0.29) is 12.6 Å². The third-order valence-electron chi connectivity index (χ3n) is 2.47. The van der Waals surface area contributed by atoms with E-state index < -0.39 is 5.60 Å². The molecule has 19 heavy (non-hydrogen) atoms. The number of aryl methyl sites for hydroxylation is 2. The molecule has 0 aliphatic carbocycles. The van der Waals surface area contributed by atoms with Crippen LogP contribution in [0, 0.1) is 13.8 Å². The molecule has 0 saturated carbocycles. The summed E-state index contributed by atoms with van der Waals surface area (Å²) in [5.41, 5.74) is 2.52. The Hall–Kier alpha value is -1.77. The molecule has 0 aliphatic rings. The van der Waals surface area contributed by atoms with Crippen molar-refractivity contribution in [3.05, 3.63) is 35.4 Å². The molecule has 0 bridgehead atoms. The Morgan fingerprint density at radius 2 is 1.79 bits per heavy atom. The van der Waals surface area contributed by atoms with E-state index in [1.807, 2.05) is 46.8 Å². The minimum atomic E-state index is -0.489. The first-order valence-corrected chi connectivity index (χ1v) is 6.31. The molecule has 3 nitrogen and oxygen atoms in total. The van der Waals surface area contributed by atoms with Crippen molar-refractivity contribution < 1.29 is 14.3 Å². The van der Waals surface area contributed by atoms with Crippen LogP contribution < -0.4 is 4.74 Å². The summed E-state index contributed by atoms with van der Waals surface area (Å²) in [7, 11) is 0. The van der Waals surface area contributed by atoms with Gasteiger partial charge in [0.1, 0.15) is 11.4 Å². The second-order valence-electron chi connectivity index (χ2n) is 5.56. The smallest absolute Gasteiger partial charge is 0.344 e. The van der Waals surface area contributed by atoms with Gasteiger partial charge in [0.05, 0.1) is 0 Å². The third-order valence-corrected chi connectivity index (χ3v) is 2.47. The monoisotopic (exact) mass is 262 g/mol. The maximum absolute atomic E-state index is 11.6. The second-order valence-corrected chi connectivity index (χ2v) is 5.56. The summed E-state index contributed by atoms with van der Waals surface area (Å²) in [6, 6.07) is 3.95. The van der Waals surface area contributed by atoms with Crippen LogP contribution in [0.1, 0.15) is 37.5 Å². The third kappa shape index (κ3) is 4.78. The molecule has 0 aliphatic heterocycles. The number of carbonyl (C=O) groups excluding carboxylic acids is 1. The number of esters is 1. The predicted octanol–water partition coefficient (Wildman–Crippen LogP) is 3.67. The summed E-state index contributed by atoms with van der Waals surface area (Å²) in [6.45, 7) is 13.1. The standard InChI is InChI=1S/C16H22O3/c1-7-13-8-11(2)15(12(3)9-13)18-10-14(17)19-16(4,5)6/h7-9H,1,10H2,2-6H3. The highest BCUT2D eigenvalue weighted by atomic mass is 16.6. The molecule has 0 fully saturated rings. The first-order chi connectivity index (χ1) is 8.73. The summed E-state index contributed by atoms with van der Waals surface area (Å²) in [5.74, 6) is 0.371. The maximum atomic E-state index is 11.6. The van der Waals surface area contributed by atoms with Crippen LogP contribution in [0.3, 0.4) is 0 Å². The van der Waals surface area contributed by atoms with Crippen molar-refractivity contribution in [1.29, 1.82) is 0 Å². The molecule has 0 atom stereocenters. The topological polar surface area (TPSA) is 35.5 Å². The second kappa shape index (κ2) is 5.91. The molecule has 0 saturated heterocycles. The Kier molecular flexibility index (Phi) is 4.76. The van der Waals surface area contributed by atoms with E-state index in [0.717, 1.165) is 22.4 Å². The van der Waals surface area contributed by atoms with Crippen LogP contribution in [-0.4, -0.2) is 18.2 Å². The predicted molar refractivity (Wildman–Crippen MR) is 77.3 cm³/mol. The van der Waals surface area contributed by atoms with E-state index in [9.17, 15) is 4.79 Å². The first kappa shape index (κ1) is 15.3. The van der Waals surface area contributed by atoms with Gasteiger partial charge in [-0.2, -0.15) is 0 Å². The molecule has 0 N–H and O–H groups in total. The van der Waals surface area contributed by atoms with Gasteiger partial charge in [-0.3, -0.25) is 0 Å². The first-order valence-electron chi connectivity index (χ1n) is 6.31. The van der Waals surface area contributed by atoms with Gasteiger partial charge in [-0.15, -0.1) is 0 Å². The molecule has 1 rings (SSSR count). The van der Waals surface area contributed by atoms with Crippen molar-refractivity contribution >= 4 is 12.0 Å². The number of rotatable bonds is 4. The number of hydrogen-bond acceptors (Lipinski definition) is 3. The average Bonchev–Trinajstić information content (AvgIpc) is 2.25. The van der Waals surface area contributed by atoms with Gasteiger partial charge >= 0.3 is 5.97 Å². The quantitative estimate of drug-likeness (QED) is 0.777. The summed E-state index contributed by atoms with van der Waals surface area (Å²) >= 11 is 0. The maximum Gasteiger partial charge on any atom is 0.344 e. The number of hydrogen-bond donors (Lipinski definition) is 0. The lowest BCUT2D eigenvalue weighted by molar-refractivity contribution is -0.157. The lowest BCUT2D eigenvalue weighted by Gasteiger charge is -2.20. The summed E-state index contributed by atoms with van der Waals surface area (Å²) < 4.78 is 10.8. The molecule has 0 spiro atoms. The lowest BCUT2D eigenvalue weighted by Crippen LogP contribution is -2.27. The highest BCUT2D eigenvalue weighted by Crippen LogP contribution is 2.25. The Morgan fingerprint density at radius 3 is 2.21 bits per heavy atom. The number of ether oxygens (including phenoxy) is 2. The van der Waals surface area contributed by atoms with Crippen LogP contribution >= 0.6 is 0 Å². The largest absolute Gasteiger partial charge is 0.481 e. The van der Waals surface area contributed by atoms with Gasteiger partial charge in [0.25, 0.3) is 0 Å². The molecular formula is C16H22O3. The zero-order valence-electron chi connectivity index (χ0n) is 12.4. The van der Waals surface area contributed by atoms with Crippen LogP contribution in [0.2, 0.25) is 0 Å².